The maximum absolute atomic E-state index is 12.5. The molecular formula is C21H23ClN2O3. The molecule has 6 heteroatoms. The first-order valence-corrected chi connectivity index (χ1v) is 9.45. The molecule has 1 fully saturated rings. The van der Waals surface area contributed by atoms with Crippen LogP contribution in [-0.4, -0.2) is 18.6 Å². The molecule has 0 bridgehead atoms. The van der Waals surface area contributed by atoms with E-state index in [9.17, 15) is 9.59 Å². The summed E-state index contributed by atoms with van der Waals surface area (Å²) in [6, 6.07) is 15.0. The third-order valence-corrected chi connectivity index (χ3v) is 5.19. The van der Waals surface area contributed by atoms with Crippen LogP contribution in [-0.2, 0) is 22.5 Å². The normalized spacial score (nSPS) is 14.3. The van der Waals surface area contributed by atoms with Gasteiger partial charge in [0.2, 0.25) is 5.91 Å². The van der Waals surface area contributed by atoms with Crippen molar-refractivity contribution in [3.8, 4) is 0 Å². The molecule has 2 amide bonds. The molecule has 0 aromatic heterocycles. The maximum atomic E-state index is 12.5. The monoisotopic (exact) mass is 386 g/mol. The molecule has 0 unspecified atom stereocenters. The summed E-state index contributed by atoms with van der Waals surface area (Å²) in [6.07, 6.45) is 1.81. The molecule has 2 N–H and O–H groups in total. The van der Waals surface area contributed by atoms with Gasteiger partial charge in [-0.2, -0.15) is 0 Å². The number of ether oxygens (including phenoxy) is 1. The number of aryl methyl sites for hydroxylation is 1. The number of nitrogens with one attached hydrogen (secondary N) is 2. The van der Waals surface area contributed by atoms with Crippen LogP contribution in [0.4, 0.5) is 10.5 Å². The van der Waals surface area contributed by atoms with Crippen molar-refractivity contribution in [2.24, 2.45) is 5.41 Å². The third-order valence-electron chi connectivity index (χ3n) is 4.82. The van der Waals surface area contributed by atoms with Gasteiger partial charge in [-0.15, -0.1) is 0 Å². The van der Waals surface area contributed by atoms with Gasteiger partial charge in [0.15, 0.2) is 0 Å². The van der Waals surface area contributed by atoms with E-state index in [1.54, 1.807) is 6.07 Å². The summed E-state index contributed by atoms with van der Waals surface area (Å²) in [5.41, 5.74) is 2.11. The minimum absolute atomic E-state index is 0.0697. The largest absolute Gasteiger partial charge is 0.448 e. The average Bonchev–Trinajstić information content (AvgIpc) is 3.47. The van der Waals surface area contributed by atoms with E-state index in [0.717, 1.165) is 12.0 Å². The molecule has 0 saturated heterocycles. The smallest absolute Gasteiger partial charge is 0.411 e. The summed E-state index contributed by atoms with van der Waals surface area (Å²) in [5.74, 6) is -0.109. The Labute approximate surface area is 164 Å². The zero-order valence-electron chi connectivity index (χ0n) is 15.3. The van der Waals surface area contributed by atoms with Gasteiger partial charge in [0.25, 0.3) is 0 Å². The van der Waals surface area contributed by atoms with Crippen molar-refractivity contribution in [2.45, 2.75) is 32.7 Å². The third kappa shape index (κ3) is 5.01. The number of carbonyl (C=O) groups is 2. The van der Waals surface area contributed by atoms with Gasteiger partial charge >= 0.3 is 6.09 Å². The number of rotatable bonds is 7. The fraction of sp³-hybridized carbons (Fsp3) is 0.333. The molecule has 2 aromatic rings. The Morgan fingerprint density at radius 3 is 2.44 bits per heavy atom. The highest BCUT2D eigenvalue weighted by Gasteiger charge is 2.51. The number of carbonyl (C=O) groups excluding carboxylic acids is 2. The molecule has 0 heterocycles. The van der Waals surface area contributed by atoms with Gasteiger partial charge in [-0.05, 0) is 48.6 Å². The summed E-state index contributed by atoms with van der Waals surface area (Å²) in [5, 5.41) is 6.20. The van der Waals surface area contributed by atoms with E-state index >= 15 is 0 Å². The molecule has 1 saturated carbocycles. The Kier molecular flexibility index (Phi) is 6.01. The molecule has 3 rings (SSSR count). The second-order valence-corrected chi connectivity index (χ2v) is 7.21. The highest BCUT2D eigenvalue weighted by molar-refractivity contribution is 6.31. The van der Waals surface area contributed by atoms with Gasteiger partial charge in [-0.1, -0.05) is 48.9 Å². The highest BCUT2D eigenvalue weighted by Crippen LogP contribution is 2.46. The maximum Gasteiger partial charge on any atom is 0.411 e. The molecule has 0 spiro atoms. The number of halogens is 1. The fourth-order valence-electron chi connectivity index (χ4n) is 2.77. The zero-order valence-corrected chi connectivity index (χ0v) is 16.0. The number of anilines is 1. The van der Waals surface area contributed by atoms with Crippen molar-refractivity contribution < 1.29 is 14.3 Å². The lowest BCUT2D eigenvalue weighted by Crippen LogP contribution is -2.35. The summed E-state index contributed by atoms with van der Waals surface area (Å²) in [6.45, 7) is 2.50. The van der Waals surface area contributed by atoms with Crippen LogP contribution in [0.15, 0.2) is 48.5 Å². The van der Waals surface area contributed by atoms with E-state index in [0.29, 0.717) is 30.1 Å². The Bertz CT molecular complexity index is 816. The van der Waals surface area contributed by atoms with Gasteiger partial charge in [0.1, 0.15) is 6.61 Å². The first kappa shape index (κ1) is 19.2. The van der Waals surface area contributed by atoms with Gasteiger partial charge in [0, 0.05) is 17.3 Å². The predicted molar refractivity (Wildman–Crippen MR) is 106 cm³/mol. The lowest BCUT2D eigenvalue weighted by atomic mass is 10.1. The molecule has 5 nitrogen and oxygen atoms in total. The minimum atomic E-state index is -0.620. The van der Waals surface area contributed by atoms with Crippen LogP contribution in [0.25, 0.3) is 0 Å². The van der Waals surface area contributed by atoms with Crippen molar-refractivity contribution >= 4 is 29.3 Å². The van der Waals surface area contributed by atoms with Crippen LogP contribution in [0, 0.1) is 5.41 Å². The van der Waals surface area contributed by atoms with Crippen molar-refractivity contribution in [3.63, 3.8) is 0 Å². The van der Waals surface area contributed by atoms with Crippen molar-refractivity contribution in [1.82, 2.24) is 5.32 Å². The summed E-state index contributed by atoms with van der Waals surface area (Å²) in [4.78, 5) is 24.5. The molecule has 1 aliphatic carbocycles. The van der Waals surface area contributed by atoms with Crippen LogP contribution in [0.3, 0.4) is 0 Å². The fourth-order valence-corrected chi connectivity index (χ4v) is 2.98. The van der Waals surface area contributed by atoms with Crippen LogP contribution in [0.2, 0.25) is 5.02 Å². The number of benzene rings is 2. The van der Waals surface area contributed by atoms with Crippen LogP contribution in [0.1, 0.15) is 30.9 Å². The van der Waals surface area contributed by atoms with Crippen molar-refractivity contribution in [2.75, 3.05) is 11.9 Å². The van der Waals surface area contributed by atoms with E-state index < -0.39 is 11.5 Å². The Hall–Kier alpha value is -2.53. The van der Waals surface area contributed by atoms with Crippen molar-refractivity contribution in [1.29, 1.82) is 0 Å². The molecule has 27 heavy (non-hydrogen) atoms. The standard InChI is InChI=1S/C21H23ClN2O3/c1-2-15-7-9-17(10-8-15)24-20(26)27-14-21(11-12-21)19(25)23-13-16-5-3-4-6-18(16)22/h3-10H,2,11-14H2,1H3,(H,23,25)(H,24,26). The molecule has 0 radical (unpaired) electrons. The summed E-state index contributed by atoms with van der Waals surface area (Å²) in [7, 11) is 0. The van der Waals surface area contributed by atoms with E-state index in [1.165, 1.54) is 5.56 Å². The van der Waals surface area contributed by atoms with Crippen LogP contribution in [0.5, 0.6) is 0 Å². The second kappa shape index (κ2) is 8.44. The number of amides is 2. The average molecular weight is 387 g/mol. The molecule has 2 aromatic carbocycles. The minimum Gasteiger partial charge on any atom is -0.448 e. The van der Waals surface area contributed by atoms with Crippen LogP contribution < -0.4 is 10.6 Å². The lowest BCUT2D eigenvalue weighted by Gasteiger charge is -2.16. The van der Waals surface area contributed by atoms with Gasteiger partial charge in [-0.3, -0.25) is 10.1 Å². The molecule has 0 aliphatic heterocycles. The Morgan fingerprint density at radius 2 is 1.81 bits per heavy atom. The predicted octanol–water partition coefficient (Wildman–Crippen LogP) is 4.55. The summed E-state index contributed by atoms with van der Waals surface area (Å²) < 4.78 is 5.29. The number of hydrogen-bond acceptors (Lipinski definition) is 3. The van der Waals surface area contributed by atoms with E-state index in [1.807, 2.05) is 42.5 Å². The Morgan fingerprint density at radius 1 is 1.11 bits per heavy atom. The second-order valence-electron chi connectivity index (χ2n) is 6.81. The lowest BCUT2D eigenvalue weighted by molar-refractivity contribution is -0.127. The van der Waals surface area contributed by atoms with E-state index in [4.69, 9.17) is 16.3 Å². The highest BCUT2D eigenvalue weighted by atomic mass is 35.5. The molecule has 1 aliphatic rings. The molecular weight excluding hydrogens is 364 g/mol. The Balaban J connectivity index is 1.47. The summed E-state index contributed by atoms with van der Waals surface area (Å²) >= 11 is 6.11. The topological polar surface area (TPSA) is 67.4 Å². The van der Waals surface area contributed by atoms with E-state index in [2.05, 4.69) is 17.6 Å². The van der Waals surface area contributed by atoms with Gasteiger partial charge in [0.05, 0.1) is 5.41 Å². The van der Waals surface area contributed by atoms with Crippen LogP contribution >= 0.6 is 11.6 Å². The SMILES string of the molecule is CCc1ccc(NC(=O)OCC2(C(=O)NCc3ccccc3Cl)CC2)cc1. The zero-order chi connectivity index (χ0) is 19.3. The van der Waals surface area contributed by atoms with Crippen molar-refractivity contribution in [3.05, 3.63) is 64.7 Å². The van der Waals surface area contributed by atoms with Gasteiger partial charge < -0.3 is 10.1 Å². The van der Waals surface area contributed by atoms with E-state index in [-0.39, 0.29) is 12.5 Å². The molecule has 142 valence electrons. The quantitative estimate of drug-likeness (QED) is 0.733. The first-order valence-electron chi connectivity index (χ1n) is 9.07. The number of hydrogen-bond donors (Lipinski definition) is 2. The molecule has 0 atom stereocenters. The first-order chi connectivity index (χ1) is 13.0. The van der Waals surface area contributed by atoms with Gasteiger partial charge in [-0.25, -0.2) is 4.79 Å².